The number of para-hydroxylation sites is 1. The van der Waals surface area contributed by atoms with Crippen molar-refractivity contribution in [2.24, 2.45) is 7.05 Å². The van der Waals surface area contributed by atoms with E-state index < -0.39 is 0 Å². The monoisotopic (exact) mass is 269 g/mol. The normalized spacial score (nSPS) is 10.9. The summed E-state index contributed by atoms with van der Waals surface area (Å²) in [7, 11) is 1.94. The molecule has 0 unspecified atom stereocenters. The molecule has 4 heteroatoms. The maximum Gasteiger partial charge on any atom is 0.126 e. The summed E-state index contributed by atoms with van der Waals surface area (Å²) in [4.78, 5) is 0. The molecule has 0 aliphatic heterocycles. The number of nitrogens with one attached hydrogen (secondary N) is 1. The molecule has 0 amide bonds. The summed E-state index contributed by atoms with van der Waals surface area (Å²) in [5, 5.41) is 8.96. The van der Waals surface area contributed by atoms with E-state index in [1.807, 2.05) is 29.9 Å². The summed E-state index contributed by atoms with van der Waals surface area (Å²) >= 11 is 0. The van der Waals surface area contributed by atoms with Gasteiger partial charge in [-0.05, 0) is 36.8 Å². The Morgan fingerprint density at radius 3 is 2.80 bits per heavy atom. The Bertz CT molecular complexity index is 762. The van der Waals surface area contributed by atoms with Crippen LogP contribution in [0.4, 0.5) is 10.1 Å². The van der Waals surface area contributed by atoms with E-state index in [4.69, 9.17) is 0 Å². The fourth-order valence-corrected chi connectivity index (χ4v) is 2.36. The number of anilines is 1. The molecule has 0 bridgehead atoms. The predicted octanol–water partition coefficient (Wildman–Crippen LogP) is 3.63. The molecule has 3 aromatic rings. The maximum atomic E-state index is 13.2. The van der Waals surface area contributed by atoms with Crippen molar-refractivity contribution >= 4 is 16.6 Å². The topological polar surface area (TPSA) is 29.9 Å². The van der Waals surface area contributed by atoms with Crippen molar-refractivity contribution in [3.05, 3.63) is 59.5 Å². The van der Waals surface area contributed by atoms with Crippen molar-refractivity contribution < 1.29 is 4.39 Å². The Kier molecular flexibility index (Phi) is 3.14. The van der Waals surface area contributed by atoms with Crippen molar-refractivity contribution in [3.63, 3.8) is 0 Å². The molecule has 20 heavy (non-hydrogen) atoms. The Hall–Kier alpha value is -2.36. The van der Waals surface area contributed by atoms with E-state index in [2.05, 4.69) is 16.5 Å². The van der Waals surface area contributed by atoms with E-state index in [0.717, 1.165) is 22.3 Å². The highest BCUT2D eigenvalue weighted by atomic mass is 19.1. The zero-order valence-corrected chi connectivity index (χ0v) is 11.5. The van der Waals surface area contributed by atoms with Crippen LogP contribution in [0, 0.1) is 12.7 Å². The first-order valence-corrected chi connectivity index (χ1v) is 6.56. The minimum absolute atomic E-state index is 0.182. The van der Waals surface area contributed by atoms with E-state index >= 15 is 0 Å². The molecule has 0 aliphatic carbocycles. The van der Waals surface area contributed by atoms with E-state index in [0.29, 0.717) is 12.1 Å². The van der Waals surface area contributed by atoms with Gasteiger partial charge in [0.05, 0.1) is 17.8 Å². The van der Waals surface area contributed by atoms with Gasteiger partial charge in [-0.25, -0.2) is 4.39 Å². The van der Waals surface area contributed by atoms with Crippen LogP contribution < -0.4 is 5.32 Å². The number of hydrogen-bond acceptors (Lipinski definition) is 2. The van der Waals surface area contributed by atoms with Crippen molar-refractivity contribution in [2.45, 2.75) is 13.5 Å². The summed E-state index contributed by atoms with van der Waals surface area (Å²) in [6, 6.07) is 13.2. The van der Waals surface area contributed by atoms with Crippen molar-refractivity contribution in [1.29, 1.82) is 0 Å². The van der Waals surface area contributed by atoms with E-state index in [1.165, 1.54) is 6.07 Å². The summed E-state index contributed by atoms with van der Waals surface area (Å²) in [5.74, 6) is -0.182. The molecule has 1 N–H and O–H groups in total. The van der Waals surface area contributed by atoms with Gasteiger partial charge in [0, 0.05) is 18.1 Å². The molecule has 0 saturated heterocycles. The standard InChI is InChI=1S/C16H16FN3/c1-11-9-12(7-8-14(11)17)18-10-15-13-5-3-4-6-16(13)20(2)19-15/h3-9,18H,10H2,1-2H3. The highest BCUT2D eigenvalue weighted by Gasteiger charge is 2.07. The van der Waals surface area contributed by atoms with Gasteiger partial charge in [-0.1, -0.05) is 18.2 Å². The number of fused-ring (bicyclic) bond motifs is 1. The number of aromatic nitrogens is 2. The Balaban J connectivity index is 1.85. The SMILES string of the molecule is Cc1cc(NCc2nn(C)c3ccccc23)ccc1F. The third-order valence-electron chi connectivity index (χ3n) is 3.45. The Morgan fingerprint density at radius 2 is 2.00 bits per heavy atom. The van der Waals surface area contributed by atoms with Gasteiger partial charge in [0.1, 0.15) is 5.82 Å². The largest absolute Gasteiger partial charge is 0.379 e. The maximum absolute atomic E-state index is 13.2. The summed E-state index contributed by atoms with van der Waals surface area (Å²) in [6.45, 7) is 2.38. The molecule has 0 atom stereocenters. The van der Waals surface area contributed by atoms with Gasteiger partial charge in [-0.2, -0.15) is 5.10 Å². The molecule has 3 rings (SSSR count). The zero-order chi connectivity index (χ0) is 14.1. The van der Waals surface area contributed by atoms with Crippen LogP contribution in [0.2, 0.25) is 0 Å². The van der Waals surface area contributed by atoms with E-state index in [9.17, 15) is 4.39 Å². The lowest BCUT2D eigenvalue weighted by Crippen LogP contribution is -2.02. The number of halogens is 1. The van der Waals surface area contributed by atoms with Gasteiger partial charge in [-0.3, -0.25) is 4.68 Å². The van der Waals surface area contributed by atoms with Crippen LogP contribution in [0.15, 0.2) is 42.5 Å². The van der Waals surface area contributed by atoms with Gasteiger partial charge >= 0.3 is 0 Å². The average molecular weight is 269 g/mol. The highest BCUT2D eigenvalue weighted by Crippen LogP contribution is 2.19. The second-order valence-corrected chi connectivity index (χ2v) is 4.90. The molecule has 0 fully saturated rings. The van der Waals surface area contributed by atoms with Crippen LogP contribution >= 0.6 is 0 Å². The summed E-state index contributed by atoms with van der Waals surface area (Å²) in [5.41, 5.74) is 3.64. The molecule has 0 aliphatic rings. The molecule has 102 valence electrons. The molecular weight excluding hydrogens is 253 g/mol. The lowest BCUT2D eigenvalue weighted by Gasteiger charge is -2.06. The second-order valence-electron chi connectivity index (χ2n) is 4.90. The van der Waals surface area contributed by atoms with Crippen molar-refractivity contribution in [3.8, 4) is 0 Å². The van der Waals surface area contributed by atoms with Gasteiger partial charge in [0.25, 0.3) is 0 Å². The average Bonchev–Trinajstić information content (AvgIpc) is 2.78. The third-order valence-corrected chi connectivity index (χ3v) is 3.45. The number of aryl methyl sites for hydroxylation is 2. The molecule has 0 radical (unpaired) electrons. The van der Waals surface area contributed by atoms with Crippen LogP contribution in [-0.2, 0) is 13.6 Å². The smallest absolute Gasteiger partial charge is 0.126 e. The summed E-state index contributed by atoms with van der Waals surface area (Å²) in [6.07, 6.45) is 0. The number of nitrogens with zero attached hydrogens (tertiary/aromatic N) is 2. The van der Waals surface area contributed by atoms with Crippen LogP contribution in [0.25, 0.3) is 10.9 Å². The first-order chi connectivity index (χ1) is 9.65. The molecule has 0 saturated carbocycles. The van der Waals surface area contributed by atoms with Crippen LogP contribution in [0.5, 0.6) is 0 Å². The highest BCUT2D eigenvalue weighted by molar-refractivity contribution is 5.82. The molecule has 2 aromatic carbocycles. The summed E-state index contributed by atoms with van der Waals surface area (Å²) < 4.78 is 15.1. The van der Waals surface area contributed by atoms with E-state index in [-0.39, 0.29) is 5.82 Å². The molecular formula is C16H16FN3. The van der Waals surface area contributed by atoms with Gasteiger partial charge in [0.15, 0.2) is 0 Å². The quantitative estimate of drug-likeness (QED) is 0.786. The Labute approximate surface area is 117 Å². The minimum atomic E-state index is -0.182. The lowest BCUT2D eigenvalue weighted by atomic mass is 10.2. The molecule has 1 heterocycles. The second kappa shape index (κ2) is 4.96. The zero-order valence-electron chi connectivity index (χ0n) is 11.5. The predicted molar refractivity (Wildman–Crippen MR) is 79.2 cm³/mol. The molecule has 0 spiro atoms. The van der Waals surface area contributed by atoms with Crippen LogP contribution in [0.3, 0.4) is 0 Å². The van der Waals surface area contributed by atoms with Crippen LogP contribution in [0.1, 0.15) is 11.3 Å². The van der Waals surface area contributed by atoms with Crippen LogP contribution in [-0.4, -0.2) is 9.78 Å². The number of rotatable bonds is 3. The van der Waals surface area contributed by atoms with Crippen molar-refractivity contribution in [2.75, 3.05) is 5.32 Å². The third kappa shape index (κ3) is 2.25. The fourth-order valence-electron chi connectivity index (χ4n) is 2.36. The first-order valence-electron chi connectivity index (χ1n) is 6.56. The van der Waals surface area contributed by atoms with Gasteiger partial charge in [-0.15, -0.1) is 0 Å². The number of benzene rings is 2. The first kappa shape index (κ1) is 12.7. The van der Waals surface area contributed by atoms with Gasteiger partial charge < -0.3 is 5.32 Å². The molecule has 3 nitrogen and oxygen atoms in total. The Morgan fingerprint density at radius 1 is 1.20 bits per heavy atom. The number of hydrogen-bond donors (Lipinski definition) is 1. The minimum Gasteiger partial charge on any atom is -0.379 e. The van der Waals surface area contributed by atoms with Crippen molar-refractivity contribution in [1.82, 2.24) is 9.78 Å². The lowest BCUT2D eigenvalue weighted by molar-refractivity contribution is 0.618. The fraction of sp³-hybridized carbons (Fsp3) is 0.188. The van der Waals surface area contributed by atoms with Gasteiger partial charge in [0.2, 0.25) is 0 Å². The van der Waals surface area contributed by atoms with E-state index in [1.54, 1.807) is 19.1 Å². The molecule has 1 aromatic heterocycles.